The Balaban J connectivity index is 1.37. The molecule has 1 aromatic heterocycles. The van der Waals surface area contributed by atoms with Crippen molar-refractivity contribution in [3.63, 3.8) is 0 Å². The molecule has 0 unspecified atom stereocenters. The number of amides is 1. The molecule has 3 aromatic rings. The molecule has 0 saturated carbocycles. The quantitative estimate of drug-likeness (QED) is 0.742. The lowest BCUT2D eigenvalue weighted by Crippen LogP contribution is -2.25. The Morgan fingerprint density at radius 1 is 1.15 bits per heavy atom. The van der Waals surface area contributed by atoms with Crippen LogP contribution in [0.3, 0.4) is 0 Å². The number of carbonyl (C=O) groups is 1. The number of fused-ring (bicyclic) bond motifs is 2. The van der Waals surface area contributed by atoms with E-state index in [0.29, 0.717) is 34.2 Å². The molecule has 0 aliphatic carbocycles. The Morgan fingerprint density at radius 3 is 2.88 bits per heavy atom. The van der Waals surface area contributed by atoms with Crippen LogP contribution < -0.4 is 20.5 Å². The van der Waals surface area contributed by atoms with Gasteiger partial charge >= 0.3 is 5.76 Å². The molecule has 8 heteroatoms. The number of hydrogen-bond donors (Lipinski definition) is 1. The lowest BCUT2D eigenvalue weighted by atomic mass is 10.2. The summed E-state index contributed by atoms with van der Waals surface area (Å²) in [7, 11) is 0. The number of rotatable bonds is 5. The molecule has 2 heterocycles. The smallest absolute Gasteiger partial charge is 0.419 e. The summed E-state index contributed by atoms with van der Waals surface area (Å²) in [5.41, 5.74) is 1.93. The van der Waals surface area contributed by atoms with Crippen molar-refractivity contribution in [1.29, 1.82) is 0 Å². The first-order valence-corrected chi connectivity index (χ1v) is 8.42. The molecule has 1 aliphatic rings. The van der Waals surface area contributed by atoms with Gasteiger partial charge in [0, 0.05) is 30.6 Å². The molecule has 4 rings (SSSR count). The molecule has 26 heavy (non-hydrogen) atoms. The molecule has 2 aromatic carbocycles. The molecule has 134 valence electrons. The summed E-state index contributed by atoms with van der Waals surface area (Å²) in [5.74, 6) is 0.696. The highest BCUT2D eigenvalue weighted by atomic mass is 35.5. The zero-order valence-corrected chi connectivity index (χ0v) is 14.4. The Hall–Kier alpha value is -2.93. The third-order valence-electron chi connectivity index (χ3n) is 4.12. The third kappa shape index (κ3) is 3.25. The van der Waals surface area contributed by atoms with Crippen molar-refractivity contribution >= 4 is 28.6 Å². The predicted octanol–water partition coefficient (Wildman–Crippen LogP) is 2.68. The number of carbonyl (C=O) groups excluding carboxylic acids is 1. The normalized spacial score (nSPS) is 12.5. The van der Waals surface area contributed by atoms with Gasteiger partial charge < -0.3 is 19.2 Å². The van der Waals surface area contributed by atoms with E-state index in [2.05, 4.69) is 5.32 Å². The number of ether oxygens (including phenoxy) is 2. The molecule has 1 amide bonds. The van der Waals surface area contributed by atoms with Gasteiger partial charge in [0.05, 0.1) is 5.52 Å². The zero-order valence-electron chi connectivity index (χ0n) is 13.7. The zero-order chi connectivity index (χ0) is 18.1. The van der Waals surface area contributed by atoms with E-state index in [-0.39, 0.29) is 25.7 Å². The summed E-state index contributed by atoms with van der Waals surface area (Å²) in [6.07, 6.45) is 0.154. The number of hydrogen-bond acceptors (Lipinski definition) is 5. The van der Waals surface area contributed by atoms with Crippen molar-refractivity contribution in [1.82, 2.24) is 9.88 Å². The first-order valence-electron chi connectivity index (χ1n) is 8.04. The first-order chi connectivity index (χ1) is 12.6. The van der Waals surface area contributed by atoms with E-state index in [9.17, 15) is 9.59 Å². The van der Waals surface area contributed by atoms with Crippen LogP contribution in [0.15, 0.2) is 45.6 Å². The fraction of sp³-hybridized carbons (Fsp3) is 0.222. The molecule has 7 nitrogen and oxygen atoms in total. The standard InChI is InChI=1S/C18H15ClN2O5/c19-12-2-3-13-15(8-12)26-18(23)21(13)6-5-17(22)20-9-11-1-4-14-16(7-11)25-10-24-14/h1-4,7-8H,5-6,9-10H2,(H,20,22). The van der Waals surface area contributed by atoms with Crippen molar-refractivity contribution in [3.05, 3.63) is 57.5 Å². The lowest BCUT2D eigenvalue weighted by Gasteiger charge is -2.07. The first kappa shape index (κ1) is 16.5. The number of halogens is 1. The van der Waals surface area contributed by atoms with Crippen molar-refractivity contribution < 1.29 is 18.7 Å². The maximum absolute atomic E-state index is 12.1. The third-order valence-corrected chi connectivity index (χ3v) is 4.35. The number of nitrogens with zero attached hydrogens (tertiary/aromatic N) is 1. The highest BCUT2D eigenvalue weighted by Gasteiger charge is 2.14. The highest BCUT2D eigenvalue weighted by Crippen LogP contribution is 2.32. The summed E-state index contributed by atoms with van der Waals surface area (Å²) < 4.78 is 17.1. The summed E-state index contributed by atoms with van der Waals surface area (Å²) in [6, 6.07) is 10.5. The van der Waals surface area contributed by atoms with E-state index in [4.69, 9.17) is 25.5 Å². The molecule has 0 saturated heterocycles. The van der Waals surface area contributed by atoms with Crippen LogP contribution in [0.4, 0.5) is 0 Å². The number of aromatic nitrogens is 1. The topological polar surface area (TPSA) is 82.7 Å². The molecular weight excluding hydrogens is 360 g/mol. The SMILES string of the molecule is O=C(CCn1c(=O)oc2cc(Cl)ccc21)NCc1ccc2c(c1)OCO2. The van der Waals surface area contributed by atoms with Gasteiger partial charge in [-0.3, -0.25) is 9.36 Å². The molecule has 1 aliphatic heterocycles. The Bertz CT molecular complexity index is 1040. The maximum atomic E-state index is 12.1. The van der Waals surface area contributed by atoms with Crippen molar-refractivity contribution in [2.45, 2.75) is 19.5 Å². The predicted molar refractivity (Wildman–Crippen MR) is 94.5 cm³/mol. The Kier molecular flexibility index (Phi) is 4.30. The van der Waals surface area contributed by atoms with Gasteiger partial charge in [0.15, 0.2) is 17.1 Å². The molecule has 0 atom stereocenters. The number of benzene rings is 2. The van der Waals surface area contributed by atoms with Crippen LogP contribution in [0.25, 0.3) is 11.1 Å². The Morgan fingerprint density at radius 2 is 2.00 bits per heavy atom. The van der Waals surface area contributed by atoms with E-state index >= 15 is 0 Å². The molecule has 1 N–H and O–H groups in total. The van der Waals surface area contributed by atoms with Crippen LogP contribution in [-0.4, -0.2) is 17.3 Å². The molecule has 0 fully saturated rings. The van der Waals surface area contributed by atoms with Gasteiger partial charge in [-0.2, -0.15) is 0 Å². The molecule has 0 radical (unpaired) electrons. The van der Waals surface area contributed by atoms with Crippen LogP contribution >= 0.6 is 11.6 Å². The Labute approximate surface area is 153 Å². The molecule has 0 spiro atoms. The van der Waals surface area contributed by atoms with Gasteiger partial charge in [0.25, 0.3) is 0 Å². The maximum Gasteiger partial charge on any atom is 0.419 e. The van der Waals surface area contributed by atoms with Crippen LogP contribution in [0.1, 0.15) is 12.0 Å². The monoisotopic (exact) mass is 374 g/mol. The summed E-state index contributed by atoms with van der Waals surface area (Å²) in [6.45, 7) is 0.802. The number of oxazole rings is 1. The number of aryl methyl sites for hydroxylation is 1. The van der Waals surface area contributed by atoms with E-state index in [1.54, 1.807) is 18.2 Å². The minimum Gasteiger partial charge on any atom is -0.454 e. The van der Waals surface area contributed by atoms with E-state index in [1.165, 1.54) is 4.57 Å². The van der Waals surface area contributed by atoms with Gasteiger partial charge in [0.2, 0.25) is 12.7 Å². The second kappa shape index (κ2) is 6.76. The fourth-order valence-corrected chi connectivity index (χ4v) is 2.97. The van der Waals surface area contributed by atoms with E-state index in [0.717, 1.165) is 5.56 Å². The van der Waals surface area contributed by atoms with Gasteiger partial charge in [-0.15, -0.1) is 0 Å². The van der Waals surface area contributed by atoms with Crippen LogP contribution in [-0.2, 0) is 17.9 Å². The average molecular weight is 375 g/mol. The van der Waals surface area contributed by atoms with E-state index in [1.807, 2.05) is 18.2 Å². The largest absolute Gasteiger partial charge is 0.454 e. The van der Waals surface area contributed by atoms with Gasteiger partial charge in [-0.25, -0.2) is 4.79 Å². The lowest BCUT2D eigenvalue weighted by molar-refractivity contribution is -0.121. The van der Waals surface area contributed by atoms with Crippen LogP contribution in [0.2, 0.25) is 5.02 Å². The van der Waals surface area contributed by atoms with Crippen molar-refractivity contribution in [2.75, 3.05) is 6.79 Å². The molecule has 0 bridgehead atoms. The molecular formula is C18H15ClN2O5. The minimum atomic E-state index is -0.508. The van der Waals surface area contributed by atoms with E-state index < -0.39 is 5.76 Å². The fourth-order valence-electron chi connectivity index (χ4n) is 2.81. The summed E-state index contributed by atoms with van der Waals surface area (Å²) in [5, 5.41) is 3.31. The second-order valence-corrected chi connectivity index (χ2v) is 6.28. The van der Waals surface area contributed by atoms with Gasteiger partial charge in [-0.1, -0.05) is 17.7 Å². The van der Waals surface area contributed by atoms with Gasteiger partial charge in [0.1, 0.15) is 0 Å². The second-order valence-electron chi connectivity index (χ2n) is 5.85. The van der Waals surface area contributed by atoms with Crippen molar-refractivity contribution in [2.24, 2.45) is 0 Å². The summed E-state index contributed by atoms with van der Waals surface area (Å²) >= 11 is 5.89. The van der Waals surface area contributed by atoms with Crippen LogP contribution in [0, 0.1) is 0 Å². The average Bonchev–Trinajstić information content (AvgIpc) is 3.20. The van der Waals surface area contributed by atoms with Crippen LogP contribution in [0.5, 0.6) is 11.5 Å². The van der Waals surface area contributed by atoms with Gasteiger partial charge in [-0.05, 0) is 29.8 Å². The highest BCUT2D eigenvalue weighted by molar-refractivity contribution is 6.31. The summed E-state index contributed by atoms with van der Waals surface area (Å²) in [4.78, 5) is 24.1. The number of nitrogens with one attached hydrogen (secondary N) is 1. The van der Waals surface area contributed by atoms with Crippen molar-refractivity contribution in [3.8, 4) is 11.5 Å². The minimum absolute atomic E-state index is 0.154.